The minimum Gasteiger partial charge on any atom is -0.454 e. The number of likely N-dealkylation sites (tertiary alicyclic amines) is 1. The van der Waals surface area contributed by atoms with Crippen LogP contribution in [0.2, 0.25) is 0 Å². The molecule has 2 heterocycles. The molecule has 0 spiro atoms. The van der Waals surface area contributed by atoms with Gasteiger partial charge in [0.15, 0.2) is 5.09 Å². The van der Waals surface area contributed by atoms with Crippen LogP contribution in [0.25, 0.3) is 0 Å². The molecule has 1 aromatic rings. The molecule has 2 fully saturated rings. The molecule has 1 aliphatic heterocycles. The highest BCUT2D eigenvalue weighted by Gasteiger charge is 2.36. The van der Waals surface area contributed by atoms with Crippen LogP contribution in [-0.4, -0.2) is 59.5 Å². The average molecular weight is 339 g/mol. The molecule has 1 aromatic heterocycles. The summed E-state index contributed by atoms with van der Waals surface area (Å²) >= 11 is 1.91. The lowest BCUT2D eigenvalue weighted by Gasteiger charge is -2.26. The highest BCUT2D eigenvalue weighted by Crippen LogP contribution is 2.35. The highest BCUT2D eigenvalue weighted by atomic mass is 32.2. The number of furan rings is 1. The molecule has 130 valence electrons. The maximum atomic E-state index is 10.6. The largest absolute Gasteiger partial charge is 0.454 e. The van der Waals surface area contributed by atoms with E-state index in [4.69, 9.17) is 4.42 Å². The normalized spacial score (nSPS) is 27.1. The zero-order valence-electron chi connectivity index (χ0n) is 14.5. The Morgan fingerprint density at radius 3 is 2.83 bits per heavy atom. The fourth-order valence-corrected chi connectivity index (χ4v) is 5.07. The fraction of sp³-hybridized carbons (Fsp3) is 0.778. The van der Waals surface area contributed by atoms with Gasteiger partial charge in [-0.15, -0.1) is 0 Å². The van der Waals surface area contributed by atoms with Crippen molar-refractivity contribution in [3.8, 4) is 0 Å². The van der Waals surface area contributed by atoms with Gasteiger partial charge in [0.2, 0.25) is 0 Å². The van der Waals surface area contributed by atoms with Crippen molar-refractivity contribution >= 4 is 11.8 Å². The molecule has 0 radical (unpaired) electrons. The Hall–Kier alpha value is -0.490. The second-order valence-electron chi connectivity index (χ2n) is 7.52. The van der Waals surface area contributed by atoms with Gasteiger partial charge in [0.05, 0.1) is 12.1 Å². The molecule has 1 atom stereocenters. The van der Waals surface area contributed by atoms with Crippen LogP contribution < -0.4 is 0 Å². The van der Waals surface area contributed by atoms with Crippen LogP contribution in [0.3, 0.4) is 0 Å². The standard InChI is InChI=1S/C18H30N2O2S/c1-19(2)13-18(21)10-11-20(14-18)12-15-8-9-17(22-15)23-16-6-4-3-5-7-16/h8-9,16,21H,3-7,10-14H2,1-2H3/t18-/m0/s1. The van der Waals surface area contributed by atoms with E-state index in [0.717, 1.165) is 48.7 Å². The lowest BCUT2D eigenvalue weighted by Crippen LogP contribution is -2.42. The van der Waals surface area contributed by atoms with Crippen molar-refractivity contribution in [2.45, 2.75) is 61.0 Å². The van der Waals surface area contributed by atoms with Gasteiger partial charge in [0, 0.05) is 24.9 Å². The number of nitrogens with zero attached hydrogens (tertiary/aromatic N) is 2. The van der Waals surface area contributed by atoms with E-state index >= 15 is 0 Å². The molecule has 23 heavy (non-hydrogen) atoms. The number of likely N-dealkylation sites (N-methyl/N-ethyl adjacent to an activating group) is 1. The third-order valence-electron chi connectivity index (χ3n) is 4.87. The summed E-state index contributed by atoms with van der Waals surface area (Å²) in [5.74, 6) is 1.03. The van der Waals surface area contributed by atoms with E-state index in [-0.39, 0.29) is 0 Å². The van der Waals surface area contributed by atoms with Crippen LogP contribution in [0.15, 0.2) is 21.6 Å². The maximum absolute atomic E-state index is 10.6. The molecule has 1 saturated carbocycles. The number of hydrogen-bond acceptors (Lipinski definition) is 5. The number of hydrogen-bond donors (Lipinski definition) is 1. The fourth-order valence-electron chi connectivity index (χ4n) is 3.87. The van der Waals surface area contributed by atoms with Crippen LogP contribution in [0.1, 0.15) is 44.3 Å². The Morgan fingerprint density at radius 1 is 1.30 bits per heavy atom. The first-order valence-electron chi connectivity index (χ1n) is 8.87. The molecule has 0 bridgehead atoms. The second kappa shape index (κ2) is 7.60. The zero-order chi connectivity index (χ0) is 16.3. The molecule has 3 rings (SSSR count). The minimum atomic E-state index is -0.574. The van der Waals surface area contributed by atoms with Crippen LogP contribution in [0, 0.1) is 0 Å². The molecule has 4 nitrogen and oxygen atoms in total. The highest BCUT2D eigenvalue weighted by molar-refractivity contribution is 7.99. The van der Waals surface area contributed by atoms with Gasteiger partial charge in [-0.1, -0.05) is 31.0 Å². The summed E-state index contributed by atoms with van der Waals surface area (Å²) in [7, 11) is 4.03. The summed E-state index contributed by atoms with van der Waals surface area (Å²) in [5, 5.41) is 12.4. The molecule has 0 aromatic carbocycles. The van der Waals surface area contributed by atoms with Gasteiger partial charge in [0.1, 0.15) is 5.76 Å². The predicted octanol–water partition coefficient (Wildman–Crippen LogP) is 3.20. The summed E-state index contributed by atoms with van der Waals surface area (Å²) in [5.41, 5.74) is -0.574. The van der Waals surface area contributed by atoms with E-state index in [9.17, 15) is 5.11 Å². The van der Waals surface area contributed by atoms with Crippen LogP contribution in [0.5, 0.6) is 0 Å². The second-order valence-corrected chi connectivity index (χ2v) is 8.83. The van der Waals surface area contributed by atoms with Gasteiger partial charge in [-0.3, -0.25) is 4.90 Å². The number of aliphatic hydroxyl groups is 1. The molecule has 0 amide bonds. The van der Waals surface area contributed by atoms with Crippen molar-refractivity contribution in [2.24, 2.45) is 0 Å². The van der Waals surface area contributed by atoms with Crippen molar-refractivity contribution in [1.82, 2.24) is 9.80 Å². The summed E-state index contributed by atoms with van der Waals surface area (Å²) in [6.07, 6.45) is 7.61. The monoisotopic (exact) mass is 338 g/mol. The molecule has 1 N–H and O–H groups in total. The Kier molecular flexibility index (Phi) is 5.73. The third-order valence-corrected chi connectivity index (χ3v) is 6.13. The van der Waals surface area contributed by atoms with Crippen LogP contribution in [0.4, 0.5) is 0 Å². The summed E-state index contributed by atoms with van der Waals surface area (Å²) in [6.45, 7) is 3.21. The molecule has 1 aliphatic carbocycles. The molecular weight excluding hydrogens is 308 g/mol. The van der Waals surface area contributed by atoms with Crippen LogP contribution >= 0.6 is 11.8 Å². The molecule has 0 unspecified atom stereocenters. The van der Waals surface area contributed by atoms with Crippen molar-refractivity contribution in [2.75, 3.05) is 33.7 Å². The first-order chi connectivity index (χ1) is 11.0. The Balaban J connectivity index is 1.49. The molecule has 2 aliphatic rings. The van der Waals surface area contributed by atoms with E-state index in [0.29, 0.717) is 0 Å². The van der Waals surface area contributed by atoms with Gasteiger partial charge in [-0.2, -0.15) is 0 Å². The van der Waals surface area contributed by atoms with Crippen molar-refractivity contribution in [3.63, 3.8) is 0 Å². The van der Waals surface area contributed by atoms with E-state index < -0.39 is 5.60 Å². The van der Waals surface area contributed by atoms with E-state index in [2.05, 4.69) is 21.9 Å². The van der Waals surface area contributed by atoms with Crippen LogP contribution in [-0.2, 0) is 6.54 Å². The number of thioether (sulfide) groups is 1. The summed E-state index contributed by atoms with van der Waals surface area (Å²) in [4.78, 5) is 4.37. The average Bonchev–Trinajstić information content (AvgIpc) is 3.07. The van der Waals surface area contributed by atoms with Gasteiger partial charge in [-0.05, 0) is 45.5 Å². The van der Waals surface area contributed by atoms with Crippen molar-refractivity contribution in [3.05, 3.63) is 17.9 Å². The van der Waals surface area contributed by atoms with Crippen molar-refractivity contribution in [1.29, 1.82) is 0 Å². The smallest absolute Gasteiger partial charge is 0.160 e. The molecule has 5 heteroatoms. The first-order valence-corrected chi connectivity index (χ1v) is 9.75. The molecule has 1 saturated heterocycles. The van der Waals surface area contributed by atoms with Gasteiger partial charge in [0.25, 0.3) is 0 Å². The predicted molar refractivity (Wildman–Crippen MR) is 94.8 cm³/mol. The lowest BCUT2D eigenvalue weighted by atomic mass is 10.0. The summed E-state index contributed by atoms with van der Waals surface area (Å²) < 4.78 is 6.03. The van der Waals surface area contributed by atoms with Gasteiger partial charge < -0.3 is 14.4 Å². The summed E-state index contributed by atoms with van der Waals surface area (Å²) in [6, 6.07) is 4.23. The quantitative estimate of drug-likeness (QED) is 0.862. The zero-order valence-corrected chi connectivity index (χ0v) is 15.3. The number of β-amino-alcohol motifs (C(OH)–C–C–N with tert-alkyl or cyclic N) is 1. The Morgan fingerprint density at radius 2 is 2.09 bits per heavy atom. The first kappa shape index (κ1) is 17.3. The lowest BCUT2D eigenvalue weighted by molar-refractivity contribution is 0.0234. The van der Waals surface area contributed by atoms with E-state index in [1.165, 1.54) is 32.1 Å². The Labute approximate surface area is 144 Å². The third kappa shape index (κ3) is 4.99. The molecular formula is C18H30N2O2S. The maximum Gasteiger partial charge on any atom is 0.160 e. The van der Waals surface area contributed by atoms with Crippen molar-refractivity contribution < 1.29 is 9.52 Å². The Bertz CT molecular complexity index is 499. The van der Waals surface area contributed by atoms with Gasteiger partial charge >= 0.3 is 0 Å². The van der Waals surface area contributed by atoms with E-state index in [1.807, 2.05) is 25.9 Å². The topological polar surface area (TPSA) is 39.9 Å². The number of rotatable bonds is 6. The minimum absolute atomic E-state index is 0.574. The SMILES string of the molecule is CN(C)C[C@@]1(O)CCN(Cc2ccc(SC3CCCCC3)o2)C1. The van der Waals surface area contributed by atoms with E-state index in [1.54, 1.807) is 0 Å². The van der Waals surface area contributed by atoms with Gasteiger partial charge in [-0.25, -0.2) is 0 Å².